The first-order valence-electron chi connectivity index (χ1n) is 6.22. The molecule has 0 aliphatic carbocycles. The molecule has 0 fully saturated rings. The fourth-order valence-electron chi connectivity index (χ4n) is 2.36. The fraction of sp³-hybridized carbons (Fsp3) is 0.333. The predicted octanol–water partition coefficient (Wildman–Crippen LogP) is 0.524. The Morgan fingerprint density at radius 3 is 3.26 bits per heavy atom. The molecule has 0 aromatic carbocycles. The zero-order valence-electron chi connectivity index (χ0n) is 10.1. The van der Waals surface area contributed by atoms with Crippen LogP contribution in [0.5, 0.6) is 5.88 Å². The van der Waals surface area contributed by atoms with Gasteiger partial charge in [0.1, 0.15) is 6.54 Å². The molecule has 1 aliphatic rings. The summed E-state index contributed by atoms with van der Waals surface area (Å²) in [7, 11) is 0. The molecule has 3 aromatic heterocycles. The average molecular weight is 273 g/mol. The molecule has 6 nitrogen and oxygen atoms in total. The maximum Gasteiger partial charge on any atom is 0.366 e. The SMILES string of the molecule is [O-]c1nn2c3[n+](nc2c2cccnc12)CCCCS3. The second kappa shape index (κ2) is 4.06. The van der Waals surface area contributed by atoms with Crippen LogP contribution in [0.4, 0.5) is 0 Å². The van der Waals surface area contributed by atoms with Gasteiger partial charge in [-0.3, -0.25) is 4.98 Å². The van der Waals surface area contributed by atoms with Crippen molar-refractivity contribution in [2.24, 2.45) is 0 Å². The largest absolute Gasteiger partial charge is 0.854 e. The van der Waals surface area contributed by atoms with E-state index in [0.29, 0.717) is 11.2 Å². The molecule has 3 aromatic rings. The first kappa shape index (κ1) is 11.0. The van der Waals surface area contributed by atoms with E-state index in [1.54, 1.807) is 22.5 Å². The van der Waals surface area contributed by atoms with E-state index in [9.17, 15) is 5.11 Å². The van der Waals surface area contributed by atoms with Crippen LogP contribution in [0.25, 0.3) is 16.6 Å². The summed E-state index contributed by atoms with van der Waals surface area (Å²) in [5.41, 5.74) is 1.10. The maximum atomic E-state index is 12.0. The van der Waals surface area contributed by atoms with Crippen LogP contribution in [0.15, 0.2) is 23.5 Å². The highest BCUT2D eigenvalue weighted by Crippen LogP contribution is 2.25. The molecule has 0 unspecified atom stereocenters. The lowest BCUT2D eigenvalue weighted by Gasteiger charge is -2.04. The fourth-order valence-corrected chi connectivity index (χ4v) is 3.42. The minimum Gasteiger partial charge on any atom is -0.854 e. The van der Waals surface area contributed by atoms with Gasteiger partial charge in [-0.2, -0.15) is 0 Å². The van der Waals surface area contributed by atoms with Crippen LogP contribution < -0.4 is 9.79 Å². The number of hydrogen-bond acceptors (Lipinski definition) is 5. The minimum atomic E-state index is -0.297. The molecule has 0 N–H and O–H groups in total. The van der Waals surface area contributed by atoms with Gasteiger partial charge in [0.15, 0.2) is 0 Å². The van der Waals surface area contributed by atoms with Crippen molar-refractivity contribution >= 4 is 28.3 Å². The van der Waals surface area contributed by atoms with Gasteiger partial charge >= 0.3 is 5.16 Å². The van der Waals surface area contributed by atoms with Crippen molar-refractivity contribution in [3.63, 3.8) is 0 Å². The molecule has 19 heavy (non-hydrogen) atoms. The maximum absolute atomic E-state index is 12.0. The molecule has 0 bridgehead atoms. The summed E-state index contributed by atoms with van der Waals surface area (Å²) in [6, 6.07) is 3.69. The summed E-state index contributed by atoms with van der Waals surface area (Å²) in [4.78, 5) is 4.11. The molecule has 7 heteroatoms. The Morgan fingerprint density at radius 2 is 2.32 bits per heavy atom. The van der Waals surface area contributed by atoms with Crippen molar-refractivity contribution < 1.29 is 9.79 Å². The van der Waals surface area contributed by atoms with Gasteiger partial charge in [0.05, 0.1) is 16.8 Å². The third kappa shape index (κ3) is 1.58. The first-order valence-corrected chi connectivity index (χ1v) is 7.20. The smallest absolute Gasteiger partial charge is 0.366 e. The van der Waals surface area contributed by atoms with Crippen LogP contribution in [0.1, 0.15) is 12.8 Å². The van der Waals surface area contributed by atoms with Crippen molar-refractivity contribution in [1.82, 2.24) is 19.7 Å². The third-order valence-corrected chi connectivity index (χ3v) is 4.39. The Morgan fingerprint density at radius 1 is 1.37 bits per heavy atom. The van der Waals surface area contributed by atoms with Crippen LogP contribution >= 0.6 is 11.8 Å². The molecule has 1 aliphatic heterocycles. The molecule has 0 atom stereocenters. The van der Waals surface area contributed by atoms with Crippen LogP contribution in [0.2, 0.25) is 0 Å². The van der Waals surface area contributed by atoms with E-state index in [0.717, 1.165) is 35.7 Å². The second-order valence-electron chi connectivity index (χ2n) is 4.50. The Kier molecular flexibility index (Phi) is 2.34. The van der Waals surface area contributed by atoms with E-state index in [4.69, 9.17) is 0 Å². The van der Waals surface area contributed by atoms with Gasteiger partial charge in [-0.15, -0.1) is 4.68 Å². The van der Waals surface area contributed by atoms with E-state index in [1.165, 1.54) is 0 Å². The van der Waals surface area contributed by atoms with Gasteiger partial charge in [-0.1, -0.05) is 9.61 Å². The lowest BCUT2D eigenvalue weighted by Crippen LogP contribution is -2.37. The molecule has 0 amide bonds. The predicted molar refractivity (Wildman–Crippen MR) is 67.9 cm³/mol. The van der Waals surface area contributed by atoms with E-state index < -0.39 is 0 Å². The van der Waals surface area contributed by atoms with Gasteiger partial charge in [-0.05, 0) is 41.8 Å². The number of thioether (sulfide) groups is 1. The Bertz CT molecular complexity index is 784. The summed E-state index contributed by atoms with van der Waals surface area (Å²) in [6.07, 6.45) is 3.88. The normalized spacial score (nSPS) is 15.6. The Balaban J connectivity index is 2.13. The third-order valence-electron chi connectivity index (χ3n) is 3.26. The van der Waals surface area contributed by atoms with Crippen LogP contribution in [-0.2, 0) is 6.54 Å². The van der Waals surface area contributed by atoms with E-state index >= 15 is 0 Å². The summed E-state index contributed by atoms with van der Waals surface area (Å²) < 4.78 is 3.62. The number of nitrogens with zero attached hydrogens (tertiary/aromatic N) is 5. The summed E-state index contributed by atoms with van der Waals surface area (Å²) in [5, 5.41) is 22.4. The van der Waals surface area contributed by atoms with Gasteiger partial charge in [0.2, 0.25) is 0 Å². The van der Waals surface area contributed by atoms with Gasteiger partial charge < -0.3 is 5.11 Å². The van der Waals surface area contributed by atoms with Crippen LogP contribution in [0.3, 0.4) is 0 Å². The van der Waals surface area contributed by atoms with Crippen molar-refractivity contribution in [2.75, 3.05) is 5.75 Å². The van der Waals surface area contributed by atoms with Gasteiger partial charge in [0.25, 0.3) is 5.65 Å². The van der Waals surface area contributed by atoms with Crippen molar-refractivity contribution in [3.8, 4) is 5.88 Å². The van der Waals surface area contributed by atoms with E-state index in [-0.39, 0.29) is 5.88 Å². The first-order chi connectivity index (χ1) is 9.34. The van der Waals surface area contributed by atoms with Crippen molar-refractivity contribution in [3.05, 3.63) is 18.3 Å². The number of hydrogen-bond donors (Lipinski definition) is 0. The highest BCUT2D eigenvalue weighted by molar-refractivity contribution is 7.99. The zero-order chi connectivity index (χ0) is 12.8. The quantitative estimate of drug-likeness (QED) is 0.559. The zero-order valence-corrected chi connectivity index (χ0v) is 10.9. The highest BCUT2D eigenvalue weighted by atomic mass is 32.2. The molecule has 0 saturated heterocycles. The van der Waals surface area contributed by atoms with Crippen molar-refractivity contribution in [2.45, 2.75) is 24.5 Å². The Hall–Kier alpha value is -1.89. The average Bonchev–Trinajstić information content (AvgIpc) is 2.63. The molecule has 0 radical (unpaired) electrons. The molecule has 96 valence electrons. The number of aryl methyl sites for hydroxylation is 1. The summed E-state index contributed by atoms with van der Waals surface area (Å²) in [5.74, 6) is 0.739. The lowest BCUT2D eigenvalue weighted by molar-refractivity contribution is -0.784. The molecule has 4 heterocycles. The van der Waals surface area contributed by atoms with Gasteiger partial charge in [-0.25, -0.2) is 0 Å². The van der Waals surface area contributed by atoms with E-state index in [2.05, 4.69) is 15.2 Å². The van der Waals surface area contributed by atoms with Gasteiger partial charge in [0, 0.05) is 11.9 Å². The summed E-state index contributed by atoms with van der Waals surface area (Å²) >= 11 is 1.70. The molecular formula is C12H11N5OS. The van der Waals surface area contributed by atoms with Crippen molar-refractivity contribution in [1.29, 1.82) is 0 Å². The molecular weight excluding hydrogens is 262 g/mol. The number of pyridine rings is 1. The number of rotatable bonds is 0. The van der Waals surface area contributed by atoms with E-state index in [1.807, 2.05) is 16.8 Å². The van der Waals surface area contributed by atoms with Crippen LogP contribution in [-0.4, -0.2) is 25.4 Å². The minimum absolute atomic E-state index is 0.297. The highest BCUT2D eigenvalue weighted by Gasteiger charge is 2.26. The topological polar surface area (TPSA) is 70.0 Å². The van der Waals surface area contributed by atoms with Crippen LogP contribution in [0, 0.1) is 0 Å². The monoisotopic (exact) mass is 273 g/mol. The number of aromatic nitrogens is 5. The molecule has 0 spiro atoms. The Labute approximate surface area is 113 Å². The molecule has 4 rings (SSSR count). The second-order valence-corrected chi connectivity index (χ2v) is 5.56. The summed E-state index contributed by atoms with van der Waals surface area (Å²) in [6.45, 7) is 0.877. The molecule has 0 saturated carbocycles. The lowest BCUT2D eigenvalue weighted by atomic mass is 10.3. The standard InChI is InChI=1S/C12H11N5OS/c18-11-9-8(4-3-5-13-9)10-14-16-6-1-2-7-19-12(16)17(10)15-11/h3-5H,1-2,6-7H2. The number of fused-ring (bicyclic) bond motifs is 5.